The number of unbranched alkanes of at least 4 members (excludes halogenated alkanes) is 2. The molecule has 0 aliphatic carbocycles. The van der Waals surface area contributed by atoms with Crippen molar-refractivity contribution in [2.75, 3.05) is 12.0 Å². The number of nitrogens with two attached hydrogens (primary N) is 1. The van der Waals surface area contributed by atoms with Crippen molar-refractivity contribution < 1.29 is 4.79 Å². The molecule has 0 radical (unpaired) electrons. The number of pyridine rings is 1. The number of nitrogens with one attached hydrogen (secondary N) is 1. The lowest BCUT2D eigenvalue weighted by Gasteiger charge is -2.26. The summed E-state index contributed by atoms with van der Waals surface area (Å²) in [5.74, 6) is 5.84. The summed E-state index contributed by atoms with van der Waals surface area (Å²) in [4.78, 5) is 18.4. The Hall–Kier alpha value is -1.62. The van der Waals surface area contributed by atoms with Gasteiger partial charge < -0.3 is 10.3 Å². The molecule has 0 atom stereocenters. The summed E-state index contributed by atoms with van der Waals surface area (Å²) < 4.78 is 0. The van der Waals surface area contributed by atoms with Gasteiger partial charge >= 0.3 is 0 Å². The molecule has 1 rings (SSSR count). The van der Waals surface area contributed by atoms with Crippen LogP contribution in [-0.2, 0) is 0 Å². The number of nitrogen functional groups attached to an aromatic ring is 1. The standard InChI is InChI=1S/C14H24N4O/c1-4-5-6-9-18(11(2)3)14(19)12-7-8-13(17-15)16-10-12/h7-8,10-11H,4-6,9,15H2,1-3H3,(H,16,17). The van der Waals surface area contributed by atoms with Crippen molar-refractivity contribution >= 4 is 11.7 Å². The largest absolute Gasteiger partial charge is 0.336 e. The first-order valence-corrected chi connectivity index (χ1v) is 6.83. The average Bonchev–Trinajstić information content (AvgIpc) is 2.42. The molecule has 0 aliphatic rings. The minimum atomic E-state index is 0.0298. The first-order chi connectivity index (χ1) is 9.10. The maximum atomic E-state index is 12.4. The first-order valence-electron chi connectivity index (χ1n) is 6.83. The van der Waals surface area contributed by atoms with E-state index in [1.807, 2.05) is 18.7 Å². The fraction of sp³-hybridized carbons (Fsp3) is 0.571. The van der Waals surface area contributed by atoms with Crippen molar-refractivity contribution in [2.45, 2.75) is 46.1 Å². The van der Waals surface area contributed by atoms with E-state index in [0.717, 1.165) is 25.8 Å². The fourth-order valence-electron chi connectivity index (χ4n) is 1.90. The number of rotatable bonds is 7. The third-order valence-electron chi connectivity index (χ3n) is 3.05. The lowest BCUT2D eigenvalue weighted by atomic mass is 10.1. The SMILES string of the molecule is CCCCCN(C(=O)c1ccc(NN)nc1)C(C)C. The van der Waals surface area contributed by atoms with Crippen LogP contribution in [0.2, 0.25) is 0 Å². The van der Waals surface area contributed by atoms with Gasteiger partial charge in [-0.2, -0.15) is 0 Å². The van der Waals surface area contributed by atoms with Crippen molar-refractivity contribution in [3.8, 4) is 0 Å². The quantitative estimate of drug-likeness (QED) is 0.451. The molecule has 0 saturated carbocycles. The summed E-state index contributed by atoms with van der Waals surface area (Å²) in [6.45, 7) is 7.02. The summed E-state index contributed by atoms with van der Waals surface area (Å²) in [7, 11) is 0. The molecule has 0 aromatic carbocycles. The van der Waals surface area contributed by atoms with E-state index >= 15 is 0 Å². The van der Waals surface area contributed by atoms with Crippen LogP contribution in [0.15, 0.2) is 18.3 Å². The molecule has 0 spiro atoms. The second-order valence-electron chi connectivity index (χ2n) is 4.88. The fourth-order valence-corrected chi connectivity index (χ4v) is 1.90. The number of nitrogens with zero attached hydrogens (tertiary/aromatic N) is 2. The second-order valence-corrected chi connectivity index (χ2v) is 4.88. The first kappa shape index (κ1) is 15.4. The van der Waals surface area contributed by atoms with E-state index in [2.05, 4.69) is 17.3 Å². The lowest BCUT2D eigenvalue weighted by molar-refractivity contribution is 0.0702. The second kappa shape index (κ2) is 7.74. The zero-order valence-electron chi connectivity index (χ0n) is 12.0. The molecule has 1 aromatic heterocycles. The summed E-state index contributed by atoms with van der Waals surface area (Å²) in [5.41, 5.74) is 3.05. The number of carbonyl (C=O) groups excluding carboxylic acids is 1. The van der Waals surface area contributed by atoms with Gasteiger partial charge in [0.25, 0.3) is 5.91 Å². The number of hydrazine groups is 1. The van der Waals surface area contributed by atoms with Gasteiger partial charge in [0.1, 0.15) is 5.82 Å². The van der Waals surface area contributed by atoms with Gasteiger partial charge in [-0.05, 0) is 32.4 Å². The summed E-state index contributed by atoms with van der Waals surface area (Å²) in [6, 6.07) is 3.65. The Morgan fingerprint density at radius 3 is 2.63 bits per heavy atom. The molecule has 5 nitrogen and oxygen atoms in total. The Morgan fingerprint density at radius 1 is 1.42 bits per heavy atom. The topological polar surface area (TPSA) is 71.2 Å². The minimum absolute atomic E-state index is 0.0298. The molecule has 106 valence electrons. The lowest BCUT2D eigenvalue weighted by Crippen LogP contribution is -2.37. The van der Waals surface area contributed by atoms with Crippen LogP contribution in [-0.4, -0.2) is 28.4 Å². The summed E-state index contributed by atoms with van der Waals surface area (Å²) in [5, 5.41) is 0. The Kier molecular flexibility index (Phi) is 6.29. The molecule has 0 unspecified atom stereocenters. The predicted molar refractivity (Wildman–Crippen MR) is 77.7 cm³/mol. The number of aromatic nitrogens is 1. The highest BCUT2D eigenvalue weighted by atomic mass is 16.2. The number of carbonyl (C=O) groups is 1. The van der Waals surface area contributed by atoms with Crippen LogP contribution in [0.4, 0.5) is 5.82 Å². The number of amides is 1. The monoisotopic (exact) mass is 264 g/mol. The molecule has 19 heavy (non-hydrogen) atoms. The van der Waals surface area contributed by atoms with Crippen molar-refractivity contribution in [1.82, 2.24) is 9.88 Å². The number of hydrogen-bond acceptors (Lipinski definition) is 4. The Balaban J connectivity index is 2.74. The Labute approximate surface area is 115 Å². The van der Waals surface area contributed by atoms with Crippen LogP contribution in [0.25, 0.3) is 0 Å². The van der Waals surface area contributed by atoms with E-state index in [0.29, 0.717) is 11.4 Å². The third-order valence-corrected chi connectivity index (χ3v) is 3.05. The molecule has 1 amide bonds. The molecule has 0 aliphatic heterocycles. The molecule has 1 aromatic rings. The highest BCUT2D eigenvalue weighted by Gasteiger charge is 2.18. The van der Waals surface area contributed by atoms with Crippen LogP contribution in [0.5, 0.6) is 0 Å². The van der Waals surface area contributed by atoms with Crippen LogP contribution < -0.4 is 11.3 Å². The van der Waals surface area contributed by atoms with E-state index in [4.69, 9.17) is 5.84 Å². The summed E-state index contributed by atoms with van der Waals surface area (Å²) >= 11 is 0. The van der Waals surface area contributed by atoms with Gasteiger partial charge in [0.15, 0.2) is 0 Å². The van der Waals surface area contributed by atoms with Gasteiger partial charge in [-0.15, -0.1) is 0 Å². The molecule has 3 N–H and O–H groups in total. The summed E-state index contributed by atoms with van der Waals surface area (Å²) in [6.07, 6.45) is 4.90. The third kappa shape index (κ3) is 4.52. The minimum Gasteiger partial charge on any atom is -0.336 e. The van der Waals surface area contributed by atoms with E-state index in [1.54, 1.807) is 18.3 Å². The zero-order chi connectivity index (χ0) is 14.3. The van der Waals surface area contributed by atoms with Gasteiger partial charge in [0.05, 0.1) is 5.56 Å². The Morgan fingerprint density at radius 2 is 2.16 bits per heavy atom. The molecule has 0 fully saturated rings. The molecular weight excluding hydrogens is 240 g/mol. The molecule has 1 heterocycles. The van der Waals surface area contributed by atoms with E-state index in [9.17, 15) is 4.79 Å². The smallest absolute Gasteiger partial charge is 0.255 e. The van der Waals surface area contributed by atoms with Gasteiger partial charge in [-0.3, -0.25) is 4.79 Å². The van der Waals surface area contributed by atoms with Crippen LogP contribution in [0, 0.1) is 0 Å². The highest BCUT2D eigenvalue weighted by Crippen LogP contribution is 2.11. The van der Waals surface area contributed by atoms with Crippen LogP contribution >= 0.6 is 0 Å². The maximum absolute atomic E-state index is 12.4. The van der Waals surface area contributed by atoms with Crippen LogP contribution in [0.3, 0.4) is 0 Å². The zero-order valence-corrected chi connectivity index (χ0v) is 12.0. The van der Waals surface area contributed by atoms with Crippen molar-refractivity contribution in [1.29, 1.82) is 0 Å². The molecule has 0 saturated heterocycles. The maximum Gasteiger partial charge on any atom is 0.255 e. The van der Waals surface area contributed by atoms with Gasteiger partial charge in [-0.25, -0.2) is 10.8 Å². The Bertz CT molecular complexity index is 389. The number of hydrogen-bond donors (Lipinski definition) is 2. The van der Waals surface area contributed by atoms with E-state index < -0.39 is 0 Å². The van der Waals surface area contributed by atoms with Gasteiger partial charge in [-0.1, -0.05) is 19.8 Å². The molecule has 0 bridgehead atoms. The average molecular weight is 264 g/mol. The van der Waals surface area contributed by atoms with E-state index in [-0.39, 0.29) is 11.9 Å². The van der Waals surface area contributed by atoms with Crippen molar-refractivity contribution in [3.63, 3.8) is 0 Å². The van der Waals surface area contributed by atoms with Crippen LogP contribution in [0.1, 0.15) is 50.4 Å². The van der Waals surface area contributed by atoms with Crippen molar-refractivity contribution in [2.24, 2.45) is 5.84 Å². The number of anilines is 1. The van der Waals surface area contributed by atoms with E-state index in [1.165, 1.54) is 0 Å². The normalized spacial score (nSPS) is 10.6. The molecular formula is C14H24N4O. The molecule has 5 heteroatoms. The predicted octanol–water partition coefficient (Wildman–Crippen LogP) is 2.41. The van der Waals surface area contributed by atoms with Gasteiger partial charge in [0, 0.05) is 18.8 Å². The van der Waals surface area contributed by atoms with Crippen molar-refractivity contribution in [3.05, 3.63) is 23.9 Å². The van der Waals surface area contributed by atoms with Gasteiger partial charge in [0.2, 0.25) is 0 Å². The highest BCUT2D eigenvalue weighted by molar-refractivity contribution is 5.94.